The van der Waals surface area contributed by atoms with E-state index in [1.165, 1.54) is 5.56 Å². The molecule has 0 heterocycles. The maximum absolute atomic E-state index is 12.0. The maximum atomic E-state index is 12.0. The fourth-order valence-electron chi connectivity index (χ4n) is 1.89. The van der Waals surface area contributed by atoms with Crippen LogP contribution in [0.3, 0.4) is 0 Å². The Kier molecular flexibility index (Phi) is 4.77. The van der Waals surface area contributed by atoms with Crippen LogP contribution in [0.15, 0.2) is 48.5 Å². The number of hydrogen-bond donors (Lipinski definition) is 1. The molecule has 0 aromatic heterocycles. The van der Waals surface area contributed by atoms with Gasteiger partial charge >= 0.3 is 0 Å². The molecule has 0 saturated carbocycles. The predicted octanol–water partition coefficient (Wildman–Crippen LogP) is 3.11. The second kappa shape index (κ2) is 6.75. The second-order valence-electron chi connectivity index (χ2n) is 4.73. The Morgan fingerprint density at radius 1 is 1.05 bits per heavy atom. The first kappa shape index (κ1) is 14.1. The highest BCUT2D eigenvalue weighted by Crippen LogP contribution is 2.11. The molecule has 0 aliphatic heterocycles. The number of carbonyl (C=O) groups excluding carboxylic acids is 1. The summed E-state index contributed by atoms with van der Waals surface area (Å²) >= 11 is 0. The lowest BCUT2D eigenvalue weighted by Gasteiger charge is -2.09. The number of hydrogen-bond acceptors (Lipinski definition) is 2. The molecule has 0 unspecified atom stereocenters. The summed E-state index contributed by atoms with van der Waals surface area (Å²) in [5.41, 5.74) is 2.89. The lowest BCUT2D eigenvalue weighted by Crippen LogP contribution is -2.28. The molecule has 2 aromatic carbocycles. The molecule has 0 aliphatic rings. The van der Waals surface area contributed by atoms with Gasteiger partial charge in [-0.05, 0) is 37.6 Å². The van der Waals surface area contributed by atoms with Gasteiger partial charge < -0.3 is 10.1 Å². The van der Waals surface area contributed by atoms with Gasteiger partial charge in [-0.3, -0.25) is 4.79 Å². The first-order valence-corrected chi connectivity index (χ1v) is 6.70. The fourth-order valence-corrected chi connectivity index (χ4v) is 1.89. The molecular weight excluding hydrogens is 250 g/mol. The largest absolute Gasteiger partial charge is 0.492 e. The van der Waals surface area contributed by atoms with Crippen LogP contribution < -0.4 is 10.1 Å². The van der Waals surface area contributed by atoms with Crippen molar-refractivity contribution < 1.29 is 9.53 Å². The summed E-state index contributed by atoms with van der Waals surface area (Å²) in [7, 11) is 0. The molecule has 0 saturated heterocycles. The third kappa shape index (κ3) is 3.85. The molecule has 3 nitrogen and oxygen atoms in total. The smallest absolute Gasteiger partial charge is 0.251 e. The van der Waals surface area contributed by atoms with E-state index in [0.29, 0.717) is 18.7 Å². The third-order valence-corrected chi connectivity index (χ3v) is 3.07. The van der Waals surface area contributed by atoms with Crippen molar-refractivity contribution in [3.05, 3.63) is 65.2 Å². The predicted molar refractivity (Wildman–Crippen MR) is 80.2 cm³/mol. The van der Waals surface area contributed by atoms with E-state index in [0.717, 1.165) is 11.3 Å². The van der Waals surface area contributed by atoms with Gasteiger partial charge in [-0.25, -0.2) is 0 Å². The molecule has 104 valence electrons. The first-order chi connectivity index (χ1) is 9.66. The molecule has 2 aromatic rings. The lowest BCUT2D eigenvalue weighted by atomic mass is 10.1. The van der Waals surface area contributed by atoms with E-state index in [2.05, 4.69) is 5.32 Å². The average molecular weight is 269 g/mol. The number of aryl methyl sites for hydroxylation is 2. The minimum absolute atomic E-state index is 0.0596. The Morgan fingerprint density at radius 3 is 2.45 bits per heavy atom. The third-order valence-electron chi connectivity index (χ3n) is 3.07. The highest BCUT2D eigenvalue weighted by molar-refractivity contribution is 5.95. The molecule has 20 heavy (non-hydrogen) atoms. The lowest BCUT2D eigenvalue weighted by molar-refractivity contribution is 0.0946. The number of carbonyl (C=O) groups is 1. The topological polar surface area (TPSA) is 38.3 Å². The fraction of sp³-hybridized carbons (Fsp3) is 0.235. The maximum Gasteiger partial charge on any atom is 0.251 e. The number of rotatable bonds is 5. The number of benzene rings is 2. The van der Waals surface area contributed by atoms with E-state index in [1.807, 2.05) is 62.4 Å². The van der Waals surface area contributed by atoms with Crippen LogP contribution in [0.1, 0.15) is 21.5 Å². The van der Waals surface area contributed by atoms with Gasteiger partial charge in [0.25, 0.3) is 5.91 Å². The van der Waals surface area contributed by atoms with Crippen molar-refractivity contribution in [2.75, 3.05) is 13.2 Å². The van der Waals surface area contributed by atoms with Crippen LogP contribution >= 0.6 is 0 Å². The Labute approximate surface area is 119 Å². The van der Waals surface area contributed by atoms with Crippen molar-refractivity contribution in [1.82, 2.24) is 5.32 Å². The van der Waals surface area contributed by atoms with Gasteiger partial charge in [0.05, 0.1) is 6.54 Å². The molecule has 0 radical (unpaired) electrons. The zero-order valence-corrected chi connectivity index (χ0v) is 11.8. The highest BCUT2D eigenvalue weighted by atomic mass is 16.5. The molecule has 3 heteroatoms. The minimum Gasteiger partial charge on any atom is -0.492 e. The van der Waals surface area contributed by atoms with Gasteiger partial charge in [-0.2, -0.15) is 0 Å². The van der Waals surface area contributed by atoms with Crippen LogP contribution in [0.5, 0.6) is 5.75 Å². The monoisotopic (exact) mass is 269 g/mol. The standard InChI is InChI=1S/C17H19NO2/c1-13-7-9-15(10-8-13)20-12-11-18-17(19)16-6-4-3-5-14(16)2/h3-10H,11-12H2,1-2H3,(H,18,19). The quantitative estimate of drug-likeness (QED) is 0.847. The highest BCUT2D eigenvalue weighted by Gasteiger charge is 2.06. The summed E-state index contributed by atoms with van der Waals surface area (Å²) in [6.07, 6.45) is 0. The zero-order valence-electron chi connectivity index (χ0n) is 11.8. The number of nitrogens with one attached hydrogen (secondary N) is 1. The Balaban J connectivity index is 1.77. The first-order valence-electron chi connectivity index (χ1n) is 6.70. The van der Waals surface area contributed by atoms with E-state index in [9.17, 15) is 4.79 Å². The van der Waals surface area contributed by atoms with Crippen molar-refractivity contribution in [3.8, 4) is 5.75 Å². The Bertz CT molecular complexity index is 576. The van der Waals surface area contributed by atoms with Crippen LogP contribution in [0.25, 0.3) is 0 Å². The van der Waals surface area contributed by atoms with Gasteiger partial charge in [0.1, 0.15) is 12.4 Å². The zero-order chi connectivity index (χ0) is 14.4. The van der Waals surface area contributed by atoms with Crippen molar-refractivity contribution in [2.45, 2.75) is 13.8 Å². The Hall–Kier alpha value is -2.29. The molecule has 0 bridgehead atoms. The van der Waals surface area contributed by atoms with Crippen molar-refractivity contribution >= 4 is 5.91 Å². The summed E-state index contributed by atoms with van der Waals surface area (Å²) < 4.78 is 5.56. The van der Waals surface area contributed by atoms with E-state index in [4.69, 9.17) is 4.74 Å². The van der Waals surface area contributed by atoms with Gasteiger partial charge in [-0.15, -0.1) is 0 Å². The van der Waals surface area contributed by atoms with Crippen LogP contribution in [0.4, 0.5) is 0 Å². The molecule has 2 rings (SSSR count). The molecule has 0 atom stereocenters. The van der Waals surface area contributed by atoms with Gasteiger partial charge in [0, 0.05) is 5.56 Å². The van der Waals surface area contributed by atoms with E-state index < -0.39 is 0 Å². The Morgan fingerprint density at radius 2 is 1.75 bits per heavy atom. The normalized spacial score (nSPS) is 10.1. The van der Waals surface area contributed by atoms with E-state index in [-0.39, 0.29) is 5.91 Å². The molecule has 0 spiro atoms. The average Bonchev–Trinajstić information content (AvgIpc) is 2.46. The van der Waals surface area contributed by atoms with Gasteiger partial charge in [0.15, 0.2) is 0 Å². The van der Waals surface area contributed by atoms with E-state index in [1.54, 1.807) is 0 Å². The number of ether oxygens (including phenoxy) is 1. The van der Waals surface area contributed by atoms with E-state index >= 15 is 0 Å². The van der Waals surface area contributed by atoms with Crippen LogP contribution in [0, 0.1) is 13.8 Å². The summed E-state index contributed by atoms with van der Waals surface area (Å²) in [5, 5.41) is 2.86. The van der Waals surface area contributed by atoms with Crippen molar-refractivity contribution in [3.63, 3.8) is 0 Å². The SMILES string of the molecule is Cc1ccc(OCCNC(=O)c2ccccc2C)cc1. The minimum atomic E-state index is -0.0596. The summed E-state index contributed by atoms with van der Waals surface area (Å²) in [6.45, 7) is 4.91. The molecule has 0 aliphatic carbocycles. The van der Waals surface area contributed by atoms with Gasteiger partial charge in [-0.1, -0.05) is 35.9 Å². The van der Waals surface area contributed by atoms with Crippen LogP contribution in [-0.4, -0.2) is 19.1 Å². The molecular formula is C17H19NO2. The summed E-state index contributed by atoms with van der Waals surface area (Å²) in [6, 6.07) is 15.4. The molecule has 1 amide bonds. The summed E-state index contributed by atoms with van der Waals surface area (Å²) in [5.74, 6) is 0.761. The molecule has 0 fully saturated rings. The number of amides is 1. The van der Waals surface area contributed by atoms with Gasteiger partial charge in [0.2, 0.25) is 0 Å². The molecule has 1 N–H and O–H groups in total. The van der Waals surface area contributed by atoms with Crippen LogP contribution in [0.2, 0.25) is 0 Å². The van der Waals surface area contributed by atoms with Crippen LogP contribution in [-0.2, 0) is 0 Å². The second-order valence-corrected chi connectivity index (χ2v) is 4.73. The van der Waals surface area contributed by atoms with Crippen molar-refractivity contribution in [1.29, 1.82) is 0 Å². The van der Waals surface area contributed by atoms with Crippen molar-refractivity contribution in [2.24, 2.45) is 0 Å². The summed E-state index contributed by atoms with van der Waals surface area (Å²) in [4.78, 5) is 12.0.